The zero-order valence-corrected chi connectivity index (χ0v) is 18.9. The van der Waals surface area contributed by atoms with Crippen molar-refractivity contribution in [3.8, 4) is 0 Å². The van der Waals surface area contributed by atoms with Crippen molar-refractivity contribution in [1.29, 1.82) is 0 Å². The van der Waals surface area contributed by atoms with Crippen LogP contribution in [-0.2, 0) is 4.79 Å². The second-order valence-corrected chi connectivity index (χ2v) is 8.81. The second-order valence-electron chi connectivity index (χ2n) is 8.81. The molecule has 2 unspecified atom stereocenters. The van der Waals surface area contributed by atoms with Crippen LogP contribution in [-0.4, -0.2) is 48.3 Å². The number of nitrogens with one attached hydrogen (secondary N) is 1. The van der Waals surface area contributed by atoms with Crippen molar-refractivity contribution in [2.24, 2.45) is 0 Å². The first-order valence-electron chi connectivity index (χ1n) is 11.2. The van der Waals surface area contributed by atoms with E-state index < -0.39 is 6.04 Å². The van der Waals surface area contributed by atoms with Gasteiger partial charge >= 0.3 is 0 Å². The first-order valence-corrected chi connectivity index (χ1v) is 11.2. The predicted molar refractivity (Wildman–Crippen MR) is 125 cm³/mol. The number of benzene rings is 1. The molecule has 1 saturated heterocycles. The van der Waals surface area contributed by atoms with Crippen LogP contribution < -0.4 is 11.1 Å². The normalized spacial score (nSPS) is 17.5. The van der Waals surface area contributed by atoms with Crippen molar-refractivity contribution in [1.82, 2.24) is 29.3 Å². The average molecular weight is 447 g/mol. The molecule has 3 aromatic heterocycles. The van der Waals surface area contributed by atoms with Crippen molar-refractivity contribution in [2.45, 2.75) is 45.6 Å². The highest BCUT2D eigenvalue weighted by molar-refractivity contribution is 5.82. The largest absolute Gasteiger partial charge is 0.340 e. The van der Waals surface area contributed by atoms with E-state index >= 15 is 0 Å². The molecule has 0 saturated carbocycles. The number of nitrogens with zero attached hydrogens (tertiary/aromatic N) is 5. The first kappa shape index (κ1) is 21.1. The number of amides is 1. The summed E-state index contributed by atoms with van der Waals surface area (Å²) in [5.41, 5.74) is 2.42. The maximum atomic E-state index is 13.3. The number of piperidine rings is 1. The van der Waals surface area contributed by atoms with E-state index in [1.54, 1.807) is 37.1 Å². The molecule has 5 rings (SSSR count). The summed E-state index contributed by atoms with van der Waals surface area (Å²) in [6.45, 7) is 6.44. The Morgan fingerprint density at radius 2 is 1.97 bits per heavy atom. The Bertz CT molecular complexity index is 1500. The van der Waals surface area contributed by atoms with Gasteiger partial charge in [0.05, 0.1) is 11.6 Å². The van der Waals surface area contributed by atoms with Gasteiger partial charge in [-0.1, -0.05) is 18.2 Å². The summed E-state index contributed by atoms with van der Waals surface area (Å²) in [5.74, 6) is -0.0828. The molecule has 1 aliphatic rings. The Morgan fingerprint density at radius 1 is 1.18 bits per heavy atom. The van der Waals surface area contributed by atoms with Gasteiger partial charge in [0.15, 0.2) is 5.65 Å². The highest BCUT2D eigenvalue weighted by Gasteiger charge is 2.30. The van der Waals surface area contributed by atoms with Crippen molar-refractivity contribution in [2.75, 3.05) is 13.1 Å². The average Bonchev–Trinajstić information content (AvgIpc) is 3.26. The van der Waals surface area contributed by atoms with E-state index in [4.69, 9.17) is 0 Å². The van der Waals surface area contributed by atoms with E-state index in [9.17, 15) is 14.4 Å². The van der Waals surface area contributed by atoms with Gasteiger partial charge in [0.25, 0.3) is 11.1 Å². The number of H-pyrrole nitrogens is 1. The zero-order chi connectivity index (χ0) is 23.3. The van der Waals surface area contributed by atoms with Gasteiger partial charge in [-0.25, -0.2) is 14.2 Å². The number of fused-ring (bicyclic) bond motifs is 2. The number of aromatic amines is 1. The van der Waals surface area contributed by atoms with Crippen LogP contribution in [0.5, 0.6) is 0 Å². The third-order valence-electron chi connectivity index (χ3n) is 6.72. The second kappa shape index (κ2) is 7.99. The Morgan fingerprint density at radius 3 is 2.79 bits per heavy atom. The van der Waals surface area contributed by atoms with Crippen LogP contribution in [0.2, 0.25) is 0 Å². The van der Waals surface area contributed by atoms with Gasteiger partial charge in [0.2, 0.25) is 5.91 Å². The molecule has 1 aliphatic heterocycles. The highest BCUT2D eigenvalue weighted by atomic mass is 16.2. The highest BCUT2D eigenvalue weighted by Crippen LogP contribution is 2.27. The van der Waals surface area contributed by atoms with Crippen LogP contribution in [0.15, 0.2) is 46.1 Å². The number of aryl methyl sites for hydroxylation is 1. The monoisotopic (exact) mass is 446 g/mol. The van der Waals surface area contributed by atoms with Gasteiger partial charge in [-0.3, -0.25) is 19.5 Å². The molecule has 4 aromatic rings. The molecular weight excluding hydrogens is 420 g/mol. The van der Waals surface area contributed by atoms with Crippen LogP contribution in [0.1, 0.15) is 48.7 Å². The Kier molecular flexibility index (Phi) is 5.11. The molecule has 1 amide bonds. The molecule has 9 heteroatoms. The van der Waals surface area contributed by atoms with Crippen LogP contribution in [0, 0.1) is 13.8 Å². The number of carbonyl (C=O) groups excluding carboxylic acids is 1. The van der Waals surface area contributed by atoms with Crippen molar-refractivity contribution in [3.05, 3.63) is 74.2 Å². The number of hydrogen-bond acceptors (Lipinski definition) is 5. The fraction of sp³-hybridized carbons (Fsp3) is 0.375. The van der Waals surface area contributed by atoms with Gasteiger partial charge in [-0.05, 0) is 39.7 Å². The SMILES string of the molecule is Cc1nc2cc(C3CCCN(C(=O)C(C)n4ncc5ccccc5c4=O)C3)[nH]n2c(=O)c1C. The molecule has 170 valence electrons. The Balaban J connectivity index is 1.41. The maximum Gasteiger partial charge on any atom is 0.275 e. The number of hydrogen-bond donors (Lipinski definition) is 1. The minimum atomic E-state index is -0.710. The molecule has 0 bridgehead atoms. The topological polar surface area (TPSA) is 105 Å². The maximum absolute atomic E-state index is 13.3. The molecule has 0 spiro atoms. The van der Waals surface area contributed by atoms with Crippen LogP contribution in [0.4, 0.5) is 0 Å². The van der Waals surface area contributed by atoms with E-state index in [-0.39, 0.29) is 22.9 Å². The molecule has 1 aromatic carbocycles. The third kappa shape index (κ3) is 3.53. The van der Waals surface area contributed by atoms with Crippen LogP contribution >= 0.6 is 0 Å². The van der Waals surface area contributed by atoms with Crippen molar-refractivity contribution < 1.29 is 4.79 Å². The summed E-state index contributed by atoms with van der Waals surface area (Å²) in [7, 11) is 0. The molecule has 2 atom stereocenters. The fourth-order valence-electron chi connectivity index (χ4n) is 4.63. The molecule has 9 nitrogen and oxygen atoms in total. The summed E-state index contributed by atoms with van der Waals surface area (Å²) < 4.78 is 2.74. The van der Waals surface area contributed by atoms with Crippen LogP contribution in [0.25, 0.3) is 16.4 Å². The van der Waals surface area contributed by atoms with Gasteiger partial charge < -0.3 is 4.90 Å². The molecule has 1 fully saturated rings. The predicted octanol–water partition coefficient (Wildman–Crippen LogP) is 2.32. The number of likely N-dealkylation sites (tertiary alicyclic amines) is 1. The van der Waals surface area contributed by atoms with E-state index in [1.165, 1.54) is 9.20 Å². The van der Waals surface area contributed by atoms with Gasteiger partial charge in [-0.2, -0.15) is 5.10 Å². The zero-order valence-electron chi connectivity index (χ0n) is 18.9. The van der Waals surface area contributed by atoms with Gasteiger partial charge in [0.1, 0.15) is 6.04 Å². The van der Waals surface area contributed by atoms with Crippen molar-refractivity contribution >= 4 is 22.3 Å². The number of carbonyl (C=O) groups is 1. The van der Waals surface area contributed by atoms with E-state index in [1.807, 2.05) is 25.1 Å². The fourth-order valence-corrected chi connectivity index (χ4v) is 4.63. The van der Waals surface area contributed by atoms with E-state index in [0.29, 0.717) is 35.4 Å². The van der Waals surface area contributed by atoms with Crippen molar-refractivity contribution in [3.63, 3.8) is 0 Å². The lowest BCUT2D eigenvalue weighted by atomic mass is 9.94. The number of rotatable bonds is 3. The quantitative estimate of drug-likeness (QED) is 0.520. The molecule has 4 heterocycles. The summed E-state index contributed by atoms with van der Waals surface area (Å²) in [6.07, 6.45) is 3.35. The van der Waals surface area contributed by atoms with Crippen LogP contribution in [0.3, 0.4) is 0 Å². The number of aromatic nitrogens is 5. The molecule has 0 radical (unpaired) electrons. The molecular formula is C24H26N6O3. The Labute approximate surface area is 189 Å². The summed E-state index contributed by atoms with van der Waals surface area (Å²) in [5, 5.41) is 8.75. The van der Waals surface area contributed by atoms with Gasteiger partial charge in [-0.15, -0.1) is 0 Å². The lowest BCUT2D eigenvalue weighted by Gasteiger charge is -2.34. The van der Waals surface area contributed by atoms with E-state index in [0.717, 1.165) is 23.9 Å². The van der Waals surface area contributed by atoms with Gasteiger partial charge in [0, 0.05) is 47.4 Å². The summed E-state index contributed by atoms with van der Waals surface area (Å²) in [4.78, 5) is 45.1. The Hall–Kier alpha value is -3.75. The minimum Gasteiger partial charge on any atom is -0.340 e. The first-order chi connectivity index (χ1) is 15.8. The summed E-state index contributed by atoms with van der Waals surface area (Å²) >= 11 is 0. The summed E-state index contributed by atoms with van der Waals surface area (Å²) in [6, 6.07) is 8.42. The standard InChI is InChI=1S/C24H26N6O3/c1-14-15(2)26-21-11-20(27-30(21)22(14)31)18-8-6-10-28(13-18)23(32)16(3)29-24(33)19-9-5-4-7-17(19)12-25-29/h4-5,7,9,11-12,16,18,27H,6,8,10,13H2,1-3H3. The minimum absolute atomic E-state index is 0.0536. The molecule has 0 aliphatic carbocycles. The molecule has 33 heavy (non-hydrogen) atoms. The third-order valence-corrected chi connectivity index (χ3v) is 6.72. The lowest BCUT2D eigenvalue weighted by Crippen LogP contribution is -2.44. The lowest BCUT2D eigenvalue weighted by molar-refractivity contribution is -0.135. The van der Waals surface area contributed by atoms with E-state index in [2.05, 4.69) is 15.2 Å². The molecule has 1 N–H and O–H groups in total. The smallest absolute Gasteiger partial charge is 0.275 e.